The Morgan fingerprint density at radius 1 is 1.54 bits per heavy atom. The Morgan fingerprint density at radius 3 is 2.54 bits per heavy atom. The summed E-state index contributed by atoms with van der Waals surface area (Å²) in [4.78, 5) is 11.5. The molecule has 0 bridgehead atoms. The van der Waals surface area contributed by atoms with Crippen LogP contribution in [0.5, 0.6) is 0 Å². The zero-order chi connectivity index (χ0) is 9.90. The Morgan fingerprint density at radius 2 is 2.08 bits per heavy atom. The first-order chi connectivity index (χ1) is 6.07. The van der Waals surface area contributed by atoms with Gasteiger partial charge in [0.25, 0.3) is 0 Å². The van der Waals surface area contributed by atoms with E-state index in [2.05, 4.69) is 12.2 Å². The van der Waals surface area contributed by atoms with Crippen LogP contribution in [0.3, 0.4) is 0 Å². The standard InChI is InChI=1S/C10H20N2O/c1-3-8(11)9(13)12-10(2)6-4-5-7-10/h8H,3-7,11H2,1-2H3,(H,12,13). The van der Waals surface area contributed by atoms with E-state index in [0.29, 0.717) is 6.42 Å². The van der Waals surface area contributed by atoms with Crippen molar-refractivity contribution in [1.29, 1.82) is 0 Å². The van der Waals surface area contributed by atoms with Gasteiger partial charge < -0.3 is 11.1 Å². The van der Waals surface area contributed by atoms with Crippen LogP contribution in [0.2, 0.25) is 0 Å². The van der Waals surface area contributed by atoms with Crippen molar-refractivity contribution >= 4 is 5.91 Å². The Bertz CT molecular complexity index is 185. The van der Waals surface area contributed by atoms with Crippen LogP contribution in [-0.2, 0) is 4.79 Å². The molecule has 0 aromatic rings. The number of carbonyl (C=O) groups excluding carboxylic acids is 1. The fourth-order valence-electron chi connectivity index (χ4n) is 1.86. The van der Waals surface area contributed by atoms with Gasteiger partial charge in [-0.1, -0.05) is 19.8 Å². The number of nitrogens with two attached hydrogens (primary N) is 1. The lowest BCUT2D eigenvalue weighted by molar-refractivity contribution is -0.124. The predicted molar refractivity (Wildman–Crippen MR) is 53.3 cm³/mol. The molecule has 1 saturated carbocycles. The Balaban J connectivity index is 2.43. The van der Waals surface area contributed by atoms with Crippen molar-refractivity contribution in [2.24, 2.45) is 5.73 Å². The largest absolute Gasteiger partial charge is 0.350 e. The van der Waals surface area contributed by atoms with Gasteiger partial charge in [-0.25, -0.2) is 0 Å². The lowest BCUT2D eigenvalue weighted by Crippen LogP contribution is -2.50. The molecule has 0 heterocycles. The molecule has 1 aliphatic carbocycles. The van der Waals surface area contributed by atoms with Gasteiger partial charge >= 0.3 is 0 Å². The summed E-state index contributed by atoms with van der Waals surface area (Å²) in [5, 5.41) is 3.04. The summed E-state index contributed by atoms with van der Waals surface area (Å²) in [6.45, 7) is 4.04. The third-order valence-electron chi connectivity index (χ3n) is 2.91. The normalized spacial score (nSPS) is 22.7. The summed E-state index contributed by atoms with van der Waals surface area (Å²) in [6, 6.07) is -0.336. The molecule has 0 aliphatic heterocycles. The number of nitrogens with one attached hydrogen (secondary N) is 1. The number of amides is 1. The molecule has 1 amide bonds. The fourth-order valence-corrected chi connectivity index (χ4v) is 1.86. The summed E-state index contributed by atoms with van der Waals surface area (Å²) in [5.74, 6) is 0.00639. The zero-order valence-electron chi connectivity index (χ0n) is 8.60. The average molecular weight is 184 g/mol. The molecule has 1 rings (SSSR count). The highest BCUT2D eigenvalue weighted by atomic mass is 16.2. The van der Waals surface area contributed by atoms with E-state index in [9.17, 15) is 4.79 Å². The highest BCUT2D eigenvalue weighted by molar-refractivity contribution is 5.82. The van der Waals surface area contributed by atoms with Gasteiger partial charge in [-0.15, -0.1) is 0 Å². The van der Waals surface area contributed by atoms with Crippen LogP contribution < -0.4 is 11.1 Å². The first-order valence-corrected chi connectivity index (χ1v) is 5.15. The van der Waals surface area contributed by atoms with Crippen molar-refractivity contribution in [3.63, 3.8) is 0 Å². The molecule has 3 heteroatoms. The van der Waals surface area contributed by atoms with E-state index in [1.807, 2.05) is 6.92 Å². The second kappa shape index (κ2) is 4.09. The SMILES string of the molecule is CCC(N)C(=O)NC1(C)CCCC1. The molecule has 1 fully saturated rings. The van der Waals surface area contributed by atoms with Crippen molar-refractivity contribution in [3.8, 4) is 0 Å². The number of hydrogen-bond acceptors (Lipinski definition) is 2. The zero-order valence-corrected chi connectivity index (χ0v) is 8.60. The second-order valence-electron chi connectivity index (χ2n) is 4.27. The topological polar surface area (TPSA) is 55.1 Å². The van der Waals surface area contributed by atoms with E-state index in [1.165, 1.54) is 12.8 Å². The van der Waals surface area contributed by atoms with Crippen molar-refractivity contribution in [1.82, 2.24) is 5.32 Å². The Labute approximate surface area is 80.1 Å². The quantitative estimate of drug-likeness (QED) is 0.692. The molecule has 13 heavy (non-hydrogen) atoms. The predicted octanol–water partition coefficient (Wildman–Crippen LogP) is 1.17. The van der Waals surface area contributed by atoms with Gasteiger partial charge in [-0.2, -0.15) is 0 Å². The maximum atomic E-state index is 11.5. The van der Waals surface area contributed by atoms with Crippen molar-refractivity contribution in [2.45, 2.75) is 57.5 Å². The lowest BCUT2D eigenvalue weighted by Gasteiger charge is -2.26. The van der Waals surface area contributed by atoms with E-state index >= 15 is 0 Å². The summed E-state index contributed by atoms with van der Waals surface area (Å²) in [5.41, 5.74) is 5.66. The smallest absolute Gasteiger partial charge is 0.237 e. The third kappa shape index (κ3) is 2.69. The van der Waals surface area contributed by atoms with E-state index < -0.39 is 0 Å². The summed E-state index contributed by atoms with van der Waals surface area (Å²) in [7, 11) is 0. The minimum Gasteiger partial charge on any atom is -0.350 e. The van der Waals surface area contributed by atoms with Gasteiger partial charge in [0, 0.05) is 5.54 Å². The highest BCUT2D eigenvalue weighted by Crippen LogP contribution is 2.28. The van der Waals surface area contributed by atoms with Crippen LogP contribution in [0.1, 0.15) is 46.0 Å². The number of rotatable bonds is 3. The molecule has 1 aliphatic rings. The molecule has 0 radical (unpaired) electrons. The minimum absolute atomic E-state index is 0.00639. The Kier molecular flexibility index (Phi) is 3.31. The third-order valence-corrected chi connectivity index (χ3v) is 2.91. The molecular weight excluding hydrogens is 164 g/mol. The molecule has 0 aromatic carbocycles. The van der Waals surface area contributed by atoms with Crippen LogP contribution in [-0.4, -0.2) is 17.5 Å². The summed E-state index contributed by atoms with van der Waals surface area (Å²) >= 11 is 0. The van der Waals surface area contributed by atoms with Crippen molar-refractivity contribution in [2.75, 3.05) is 0 Å². The molecule has 3 N–H and O–H groups in total. The molecule has 0 saturated heterocycles. The van der Waals surface area contributed by atoms with Crippen LogP contribution in [0.15, 0.2) is 0 Å². The molecule has 0 aromatic heterocycles. The summed E-state index contributed by atoms with van der Waals surface area (Å²) in [6.07, 6.45) is 5.34. The first kappa shape index (κ1) is 10.5. The van der Waals surface area contributed by atoms with Crippen LogP contribution >= 0.6 is 0 Å². The molecule has 1 unspecified atom stereocenters. The van der Waals surface area contributed by atoms with Gasteiger partial charge in [0.1, 0.15) is 0 Å². The maximum absolute atomic E-state index is 11.5. The summed E-state index contributed by atoms with van der Waals surface area (Å²) < 4.78 is 0. The molecule has 0 spiro atoms. The molecule has 3 nitrogen and oxygen atoms in total. The lowest BCUT2D eigenvalue weighted by atomic mass is 10.00. The van der Waals surface area contributed by atoms with E-state index in [1.54, 1.807) is 0 Å². The minimum atomic E-state index is -0.336. The van der Waals surface area contributed by atoms with Crippen molar-refractivity contribution in [3.05, 3.63) is 0 Å². The van der Waals surface area contributed by atoms with Crippen LogP contribution in [0, 0.1) is 0 Å². The monoisotopic (exact) mass is 184 g/mol. The van der Waals surface area contributed by atoms with Crippen LogP contribution in [0.25, 0.3) is 0 Å². The van der Waals surface area contributed by atoms with Gasteiger partial charge in [-0.3, -0.25) is 4.79 Å². The van der Waals surface area contributed by atoms with Crippen LogP contribution in [0.4, 0.5) is 0 Å². The molecule has 1 atom stereocenters. The second-order valence-corrected chi connectivity index (χ2v) is 4.27. The van der Waals surface area contributed by atoms with Gasteiger partial charge in [0.05, 0.1) is 6.04 Å². The van der Waals surface area contributed by atoms with Gasteiger partial charge in [-0.05, 0) is 26.2 Å². The Hall–Kier alpha value is -0.570. The highest BCUT2D eigenvalue weighted by Gasteiger charge is 2.31. The number of carbonyl (C=O) groups is 1. The first-order valence-electron chi connectivity index (χ1n) is 5.15. The molecule has 76 valence electrons. The molecular formula is C10H20N2O. The van der Waals surface area contributed by atoms with E-state index in [-0.39, 0.29) is 17.5 Å². The van der Waals surface area contributed by atoms with E-state index in [4.69, 9.17) is 5.73 Å². The van der Waals surface area contributed by atoms with E-state index in [0.717, 1.165) is 12.8 Å². The average Bonchev–Trinajstić information content (AvgIpc) is 2.50. The van der Waals surface area contributed by atoms with Gasteiger partial charge in [0.2, 0.25) is 5.91 Å². The van der Waals surface area contributed by atoms with Gasteiger partial charge in [0.15, 0.2) is 0 Å². The number of hydrogen-bond donors (Lipinski definition) is 2. The maximum Gasteiger partial charge on any atom is 0.237 e. The van der Waals surface area contributed by atoms with Crippen molar-refractivity contribution < 1.29 is 4.79 Å². The fraction of sp³-hybridized carbons (Fsp3) is 0.900.